The largest absolute Gasteiger partial charge is 0.455 e. The molecule has 52 heavy (non-hydrogen) atoms. The first-order valence-corrected chi connectivity index (χ1v) is 18.2. The second kappa shape index (κ2) is 20.5. The van der Waals surface area contributed by atoms with Gasteiger partial charge in [-0.05, 0) is 93.1 Å². The first-order valence-electron chi connectivity index (χ1n) is 18.2. The third-order valence-electron chi connectivity index (χ3n) is 8.43. The molecule has 0 aliphatic heterocycles. The van der Waals surface area contributed by atoms with Crippen molar-refractivity contribution in [2.45, 2.75) is 79.4 Å². The summed E-state index contributed by atoms with van der Waals surface area (Å²) in [4.78, 5) is 59.2. The molecule has 2 atom stereocenters. The van der Waals surface area contributed by atoms with Gasteiger partial charge in [0.1, 0.15) is 12.2 Å². The van der Waals surface area contributed by atoms with Crippen LogP contribution in [0.5, 0.6) is 0 Å². The van der Waals surface area contributed by atoms with E-state index in [2.05, 4.69) is 13.2 Å². The number of nitrogens with zero attached hydrogens (tertiary/aromatic N) is 4. The van der Waals surface area contributed by atoms with E-state index in [1.54, 1.807) is 33.4 Å². The molecule has 0 radical (unpaired) electrons. The lowest BCUT2D eigenvalue weighted by Gasteiger charge is -2.33. The minimum atomic E-state index is -0.497. The van der Waals surface area contributed by atoms with Crippen LogP contribution < -0.4 is 19.6 Å². The second-order valence-corrected chi connectivity index (χ2v) is 12.4. The number of amides is 4. The van der Waals surface area contributed by atoms with Gasteiger partial charge in [-0.1, -0.05) is 71.2 Å². The molecule has 0 heterocycles. The summed E-state index contributed by atoms with van der Waals surface area (Å²) in [5, 5.41) is 0. The number of carbonyl (C=O) groups is 4. The predicted molar refractivity (Wildman–Crippen MR) is 210 cm³/mol. The normalized spacial score (nSPS) is 11.8. The van der Waals surface area contributed by atoms with Gasteiger partial charge >= 0.3 is 24.0 Å². The van der Waals surface area contributed by atoms with Crippen molar-refractivity contribution in [3.8, 4) is 0 Å². The van der Waals surface area contributed by atoms with Crippen LogP contribution in [-0.4, -0.2) is 50.2 Å². The Bertz CT molecular complexity index is 1540. The van der Waals surface area contributed by atoms with E-state index in [4.69, 9.17) is 9.47 Å². The van der Waals surface area contributed by atoms with Crippen molar-refractivity contribution in [3.63, 3.8) is 0 Å². The van der Waals surface area contributed by atoms with Crippen LogP contribution in [0.2, 0.25) is 0 Å². The summed E-state index contributed by atoms with van der Waals surface area (Å²) < 4.78 is 10.7. The van der Waals surface area contributed by atoms with Gasteiger partial charge in [0.2, 0.25) is 0 Å². The highest BCUT2D eigenvalue weighted by Gasteiger charge is 2.27. The van der Waals surface area contributed by atoms with Gasteiger partial charge in [0.25, 0.3) is 0 Å². The summed E-state index contributed by atoms with van der Waals surface area (Å²) in [7, 11) is 0. The first kappa shape index (κ1) is 41.0. The van der Waals surface area contributed by atoms with E-state index < -0.39 is 24.1 Å². The summed E-state index contributed by atoms with van der Waals surface area (Å²) in [5.74, 6) is -0.994. The third kappa shape index (κ3) is 10.8. The molecule has 0 fully saturated rings. The van der Waals surface area contributed by atoms with Gasteiger partial charge in [-0.2, -0.15) is 0 Å². The average molecular weight is 711 g/mol. The molecule has 0 spiro atoms. The Kier molecular flexibility index (Phi) is 16.2. The van der Waals surface area contributed by atoms with Gasteiger partial charge in [0.15, 0.2) is 0 Å². The lowest BCUT2D eigenvalue weighted by molar-refractivity contribution is -0.143. The highest BCUT2D eigenvalue weighted by atomic mass is 16.5. The molecular formula is C42H54N4O6. The summed E-state index contributed by atoms with van der Waals surface area (Å²) in [6, 6.07) is 22.2. The van der Waals surface area contributed by atoms with Crippen LogP contribution in [0.4, 0.5) is 32.3 Å². The monoisotopic (exact) mass is 710 g/mol. The van der Waals surface area contributed by atoms with Crippen molar-refractivity contribution in [2.24, 2.45) is 0 Å². The Morgan fingerprint density at radius 2 is 0.846 bits per heavy atom. The fourth-order valence-electron chi connectivity index (χ4n) is 5.79. The number of carbonyl (C=O) groups excluding carboxylic acids is 4. The van der Waals surface area contributed by atoms with E-state index in [1.807, 2.05) is 100 Å². The number of hydrogen-bond acceptors (Lipinski definition) is 6. The first-order chi connectivity index (χ1) is 25.0. The Labute approximate surface area is 309 Å². The van der Waals surface area contributed by atoms with E-state index in [0.29, 0.717) is 37.6 Å². The highest BCUT2D eigenvalue weighted by Crippen LogP contribution is 2.30. The summed E-state index contributed by atoms with van der Waals surface area (Å²) in [5.41, 5.74) is 4.45. The number of hydrogen-bond donors (Lipinski definition) is 0. The molecule has 4 amide bonds. The van der Waals surface area contributed by atoms with Crippen LogP contribution in [0, 0.1) is 0 Å². The van der Waals surface area contributed by atoms with Gasteiger partial charge in [-0.15, -0.1) is 0 Å². The lowest BCUT2D eigenvalue weighted by atomic mass is 10.1. The van der Waals surface area contributed by atoms with Gasteiger partial charge in [0, 0.05) is 61.1 Å². The standard InChI is InChI=1S/C42H54N4O6/c1-9-26-43(35-22-18-33(19-23-35)31(7)51-39(47)13-5)41(49)45(28-11-3)37-16-15-17-38(30-37)46(29-12-4)42(50)44(27-10-2)36-24-20-34(21-25-36)32(8)52-40(48)14-6/h13-25,30-32H,5-6,9-12,26-29H2,1-4,7-8H3. The fourth-order valence-corrected chi connectivity index (χ4v) is 5.79. The van der Waals surface area contributed by atoms with Gasteiger partial charge in [-0.3, -0.25) is 19.6 Å². The topological polar surface area (TPSA) is 99.7 Å². The van der Waals surface area contributed by atoms with Crippen molar-refractivity contribution in [2.75, 3.05) is 45.8 Å². The van der Waals surface area contributed by atoms with Crippen LogP contribution in [0.1, 0.15) is 90.6 Å². The van der Waals surface area contributed by atoms with Crippen LogP contribution in [0.3, 0.4) is 0 Å². The molecule has 10 nitrogen and oxygen atoms in total. The highest BCUT2D eigenvalue weighted by molar-refractivity contribution is 6.06. The quantitative estimate of drug-likeness (QED) is 0.0963. The molecule has 3 rings (SSSR count). The minimum Gasteiger partial charge on any atom is -0.455 e. The van der Waals surface area contributed by atoms with Crippen LogP contribution in [-0.2, 0) is 19.1 Å². The molecule has 0 N–H and O–H groups in total. The molecule has 0 aliphatic rings. The average Bonchev–Trinajstić information content (AvgIpc) is 3.16. The summed E-state index contributed by atoms with van der Waals surface area (Å²) in [6.45, 7) is 20.6. The molecule has 2 unspecified atom stereocenters. The number of benzene rings is 3. The fraction of sp³-hybridized carbons (Fsp3) is 0.381. The molecule has 278 valence electrons. The second-order valence-electron chi connectivity index (χ2n) is 12.4. The maximum atomic E-state index is 14.3. The zero-order valence-electron chi connectivity index (χ0n) is 31.5. The van der Waals surface area contributed by atoms with E-state index >= 15 is 0 Å². The molecule has 0 aromatic heterocycles. The molecule has 0 saturated heterocycles. The van der Waals surface area contributed by atoms with E-state index in [-0.39, 0.29) is 12.1 Å². The number of rotatable bonds is 18. The molecule has 0 saturated carbocycles. The van der Waals surface area contributed by atoms with Crippen LogP contribution in [0.15, 0.2) is 98.1 Å². The Hall–Kier alpha value is -5.38. The Balaban J connectivity index is 1.94. The van der Waals surface area contributed by atoms with Crippen molar-refractivity contribution < 1.29 is 28.7 Å². The third-order valence-corrected chi connectivity index (χ3v) is 8.43. The number of urea groups is 2. The Morgan fingerprint density at radius 1 is 0.538 bits per heavy atom. The van der Waals surface area contributed by atoms with Crippen molar-refractivity contribution in [1.82, 2.24) is 0 Å². The van der Waals surface area contributed by atoms with E-state index in [1.165, 1.54) is 0 Å². The maximum Gasteiger partial charge on any atom is 0.330 e. The predicted octanol–water partition coefficient (Wildman–Crippen LogP) is 9.77. The van der Waals surface area contributed by atoms with Crippen molar-refractivity contribution in [3.05, 3.63) is 109 Å². The number of ether oxygens (including phenoxy) is 2. The van der Waals surface area contributed by atoms with Gasteiger partial charge < -0.3 is 9.47 Å². The zero-order valence-corrected chi connectivity index (χ0v) is 31.5. The van der Waals surface area contributed by atoms with Gasteiger partial charge in [-0.25, -0.2) is 19.2 Å². The van der Waals surface area contributed by atoms with Crippen molar-refractivity contribution >= 4 is 46.8 Å². The lowest BCUT2D eigenvalue weighted by Crippen LogP contribution is -2.45. The minimum absolute atomic E-state index is 0.172. The van der Waals surface area contributed by atoms with Gasteiger partial charge in [0.05, 0.1) is 0 Å². The zero-order chi connectivity index (χ0) is 38.2. The number of anilines is 4. The smallest absolute Gasteiger partial charge is 0.330 e. The summed E-state index contributed by atoms with van der Waals surface area (Å²) in [6.07, 6.45) is 4.28. The van der Waals surface area contributed by atoms with E-state index in [0.717, 1.165) is 60.3 Å². The number of esters is 2. The maximum absolute atomic E-state index is 14.3. The molecular weight excluding hydrogens is 656 g/mol. The molecule has 0 bridgehead atoms. The van der Waals surface area contributed by atoms with Crippen LogP contribution >= 0.6 is 0 Å². The molecule has 3 aromatic carbocycles. The Morgan fingerprint density at radius 3 is 1.13 bits per heavy atom. The van der Waals surface area contributed by atoms with Crippen LogP contribution in [0.25, 0.3) is 0 Å². The van der Waals surface area contributed by atoms with Crippen molar-refractivity contribution in [1.29, 1.82) is 0 Å². The van der Waals surface area contributed by atoms with E-state index in [9.17, 15) is 19.2 Å². The molecule has 10 heteroatoms. The molecule has 3 aromatic rings. The SMILES string of the molecule is C=CC(=O)OC(C)c1ccc(N(CCC)C(=O)N(CCC)c2cccc(N(CCC)C(=O)N(CCC)c3ccc(C(C)OC(=O)C=C)cc3)c2)cc1. The molecule has 0 aliphatic carbocycles. The summed E-state index contributed by atoms with van der Waals surface area (Å²) >= 11 is 0.